The Bertz CT molecular complexity index is 8090. The van der Waals surface area contributed by atoms with Crippen LogP contribution < -0.4 is 77.9 Å². The Morgan fingerprint density at radius 1 is 0.217 bits per heavy atom. The number of hydrogen-bond donors (Lipinski definition) is 0. The van der Waals surface area contributed by atoms with Gasteiger partial charge in [-0.25, -0.2) is 0 Å². The second kappa shape index (κ2) is 28.1. The Hall–Kier alpha value is -16.2. The molecule has 8 nitrogen and oxygen atoms in total. The maximum Gasteiger partial charge on any atom is 0.265 e. The van der Waals surface area contributed by atoms with Crippen LogP contribution in [-0.4, -0.2) is 29.3 Å². The van der Waals surface area contributed by atoms with Gasteiger partial charge >= 0.3 is 0 Å². The summed E-state index contributed by atoms with van der Waals surface area (Å²) in [6.07, 6.45) is 0. The van der Waals surface area contributed by atoms with Gasteiger partial charge in [0, 0.05) is 113 Å². The molecule has 0 atom stereocenters. The Kier molecular flexibility index (Phi) is 16.0. The predicted octanol–water partition coefficient (Wildman–Crippen LogP) is 24.7. The Balaban J connectivity index is 0.802. The smallest absolute Gasteiger partial charge is 0.265 e. The van der Waals surface area contributed by atoms with Crippen molar-refractivity contribution in [2.24, 2.45) is 0 Å². The monoisotopic (exact) mass is 1650 g/mol. The van der Waals surface area contributed by atoms with Gasteiger partial charge in [-0.05, 0) is 155 Å². The van der Waals surface area contributed by atoms with Crippen LogP contribution in [0.2, 0.25) is 0 Å². The average molecular weight is 1650 g/mol. The largest absolute Gasteiger partial charge is 0.459 e. The summed E-state index contributed by atoms with van der Waals surface area (Å²) in [7, 11) is 0. The van der Waals surface area contributed by atoms with E-state index in [1.54, 1.807) is 0 Å². The van der Waals surface area contributed by atoms with Gasteiger partial charge in [0.15, 0.2) is 0 Å². The molecule has 0 amide bonds. The molecular formula is C118H77B3N4O4. The van der Waals surface area contributed by atoms with Crippen LogP contribution in [0, 0.1) is 0 Å². The van der Waals surface area contributed by atoms with Gasteiger partial charge in [0.25, 0.3) is 20.1 Å². The van der Waals surface area contributed by atoms with Crippen LogP contribution in [0.25, 0.3) is 122 Å². The van der Waals surface area contributed by atoms with Gasteiger partial charge in [-0.3, -0.25) is 0 Å². The zero-order valence-corrected chi connectivity index (χ0v) is 70.9. The molecule has 6 aliphatic rings. The molecule has 0 aliphatic carbocycles. The fraction of sp³-hybridized carbons (Fsp3) is 0.0339. The van der Waals surface area contributed by atoms with Crippen LogP contribution in [0.3, 0.4) is 0 Å². The van der Waals surface area contributed by atoms with Crippen molar-refractivity contribution >= 4 is 147 Å². The minimum absolute atomic E-state index is 0.308. The quantitative estimate of drug-likeness (QED) is 0.127. The van der Waals surface area contributed by atoms with E-state index in [4.69, 9.17) is 18.9 Å². The molecule has 602 valence electrons. The zero-order chi connectivity index (χ0) is 85.0. The normalized spacial score (nSPS) is 13.2. The number of benzene rings is 19. The van der Waals surface area contributed by atoms with Crippen LogP contribution in [0.15, 0.2) is 413 Å². The van der Waals surface area contributed by atoms with Crippen molar-refractivity contribution < 1.29 is 18.9 Å². The van der Waals surface area contributed by atoms with Crippen molar-refractivity contribution in [3.8, 4) is 124 Å². The zero-order valence-electron chi connectivity index (χ0n) is 70.9. The van der Waals surface area contributed by atoms with Crippen LogP contribution in [0.5, 0.6) is 46.0 Å². The van der Waals surface area contributed by atoms with E-state index < -0.39 is 18.8 Å². The molecule has 27 rings (SSSR count). The van der Waals surface area contributed by atoms with Gasteiger partial charge in [-0.1, -0.05) is 348 Å². The van der Waals surface area contributed by atoms with Crippen LogP contribution in [-0.2, 0) is 5.41 Å². The van der Waals surface area contributed by atoms with Crippen LogP contribution in [0.1, 0.15) is 26.3 Å². The summed E-state index contributed by atoms with van der Waals surface area (Å²) in [5, 5.41) is 4.72. The van der Waals surface area contributed by atoms with Crippen molar-refractivity contribution in [2.45, 2.75) is 26.2 Å². The van der Waals surface area contributed by atoms with Gasteiger partial charge in [0.2, 0.25) is 0 Å². The molecular weight excluding hydrogens is 1570 g/mol. The summed E-state index contributed by atoms with van der Waals surface area (Å²) >= 11 is 0. The summed E-state index contributed by atoms with van der Waals surface area (Å²) in [5.74, 6) is 5.67. The van der Waals surface area contributed by atoms with Gasteiger partial charge in [0.1, 0.15) is 46.0 Å². The molecule has 0 saturated carbocycles. The first-order valence-corrected chi connectivity index (χ1v) is 44.7. The van der Waals surface area contributed by atoms with E-state index in [1.807, 2.05) is 0 Å². The van der Waals surface area contributed by atoms with E-state index in [0.29, 0.717) is 23.0 Å². The lowest BCUT2D eigenvalue weighted by atomic mass is 9.29. The number of nitrogens with zero attached hydrogens (tertiary/aromatic N) is 4. The lowest BCUT2D eigenvalue weighted by Gasteiger charge is -2.48. The van der Waals surface area contributed by atoms with Crippen molar-refractivity contribution in [2.75, 3.05) is 9.80 Å². The van der Waals surface area contributed by atoms with Crippen LogP contribution in [0.4, 0.5) is 34.1 Å². The number of anilines is 6. The van der Waals surface area contributed by atoms with E-state index in [1.165, 1.54) is 21.5 Å². The summed E-state index contributed by atoms with van der Waals surface area (Å²) < 4.78 is 37.3. The van der Waals surface area contributed by atoms with Crippen molar-refractivity contribution in [3.63, 3.8) is 0 Å². The fourth-order valence-corrected chi connectivity index (χ4v) is 22.2. The van der Waals surface area contributed by atoms with E-state index in [2.05, 4.69) is 452 Å². The fourth-order valence-electron chi connectivity index (χ4n) is 22.2. The molecule has 0 fully saturated rings. The Labute approximate surface area is 748 Å². The molecule has 19 aromatic carbocycles. The van der Waals surface area contributed by atoms with E-state index in [0.717, 1.165) is 212 Å². The predicted molar refractivity (Wildman–Crippen MR) is 536 cm³/mol. The third-order valence-electron chi connectivity index (χ3n) is 27.9. The minimum atomic E-state index is -0.570. The second-order valence-electron chi connectivity index (χ2n) is 35.9. The lowest BCUT2D eigenvalue weighted by Crippen LogP contribution is -2.66. The molecule has 0 bridgehead atoms. The number of rotatable bonds is 10. The topological polar surface area (TPSA) is 53.3 Å². The van der Waals surface area contributed by atoms with E-state index >= 15 is 0 Å². The molecule has 21 aromatic rings. The first-order chi connectivity index (χ1) is 63.7. The third kappa shape index (κ3) is 11.0. The Morgan fingerprint density at radius 2 is 0.543 bits per heavy atom. The first-order valence-electron chi connectivity index (χ1n) is 44.7. The molecule has 11 heteroatoms. The lowest BCUT2D eigenvalue weighted by molar-refractivity contribution is 0.443. The number of hydrogen-bond acceptors (Lipinski definition) is 6. The van der Waals surface area contributed by atoms with E-state index in [9.17, 15) is 0 Å². The number of ether oxygens (including phenoxy) is 4. The molecule has 0 radical (unpaired) electrons. The molecule has 0 spiro atoms. The molecule has 0 unspecified atom stereocenters. The van der Waals surface area contributed by atoms with Crippen LogP contribution >= 0.6 is 0 Å². The first kappa shape index (κ1) is 73.2. The average Bonchev–Trinajstić information content (AvgIpc) is 0.803. The summed E-state index contributed by atoms with van der Waals surface area (Å²) in [6.45, 7) is 5.70. The highest BCUT2D eigenvalue weighted by Gasteiger charge is 2.54. The van der Waals surface area contributed by atoms with Crippen molar-refractivity contribution in [1.29, 1.82) is 0 Å². The number of aromatic nitrogens is 2. The number of para-hydroxylation sites is 6. The van der Waals surface area contributed by atoms with Crippen molar-refractivity contribution in [3.05, 3.63) is 418 Å². The minimum Gasteiger partial charge on any atom is -0.459 e. The maximum absolute atomic E-state index is 8.60. The van der Waals surface area contributed by atoms with Crippen molar-refractivity contribution in [1.82, 2.24) is 9.13 Å². The molecule has 8 heterocycles. The Morgan fingerprint density at radius 3 is 0.984 bits per heavy atom. The molecule has 0 saturated heterocycles. The standard InChI is InChI=1S/C118H77B3N4O4/c1-118(2,3)80-66-100-109-101(67-80)125(115-85(76-40-18-8-19-41-76)50-31-51-86(115)77-42-20-9-21-43-77)102-70-106-112-116(110(102)120(109)91-62-58-81(122-95-52-26-22-44-87(95)88-45-23-27-53-96(88)122)68-99(91)124(100)114-83(74-36-14-6-15-37-74)48-30-49-84(114)75-38-16-7-17-39-75)129-105-69-82(123-97-54-28-24-46-89(97)90-47-25-29-55-98(90)123)59-63-94(105)121(112)113-108(127-106)71-107-111-117(113)128-104-65-79(73-34-12-5-13-35-73)57-61-93(104)119(111)92-60-56-78(64-103(92)126-107)72-32-10-4-11-33-72/h4-71H,1-3H3. The number of fused-ring (bicyclic) bond motifs is 20. The summed E-state index contributed by atoms with van der Waals surface area (Å²) in [5.41, 5.74) is 35.3. The maximum atomic E-state index is 8.60. The molecule has 6 aliphatic heterocycles. The highest BCUT2D eigenvalue weighted by atomic mass is 16.5. The van der Waals surface area contributed by atoms with Gasteiger partial charge in [0.05, 0.1) is 33.4 Å². The van der Waals surface area contributed by atoms with Gasteiger partial charge in [-0.2, -0.15) is 0 Å². The van der Waals surface area contributed by atoms with Gasteiger partial charge < -0.3 is 37.9 Å². The highest BCUT2D eigenvalue weighted by Crippen LogP contribution is 2.57. The summed E-state index contributed by atoms with van der Waals surface area (Å²) in [4.78, 5) is 5.31. The second-order valence-corrected chi connectivity index (χ2v) is 35.9. The SMILES string of the molecule is CC(C)(C)c1cc2c3c(c1)N(c1c(-c4ccccc4)cccc1-c1ccccc1)c1cc4c5c(c1B3c1ccc(-n3c6ccccc6c6ccccc63)cc1N2c1c(-c2ccccc2)cccc1-c1ccccc1)Oc1cc(-n2c3ccccc3c3ccccc32)ccc1B5c1c(cc2c3c1Oc1cc(-c5ccccc5)ccc1B3c1ccc(-c3ccccc3)cc1O2)O4. The highest BCUT2D eigenvalue weighted by molar-refractivity contribution is 7.04. The molecule has 129 heavy (non-hydrogen) atoms. The molecule has 2 aromatic heterocycles. The molecule has 0 N–H and O–H groups in total. The third-order valence-corrected chi connectivity index (χ3v) is 27.9. The summed E-state index contributed by atoms with van der Waals surface area (Å²) in [6, 6.07) is 152. The van der Waals surface area contributed by atoms with Gasteiger partial charge in [-0.15, -0.1) is 0 Å². The van der Waals surface area contributed by atoms with E-state index in [-0.39, 0.29) is 6.71 Å².